The normalized spacial score (nSPS) is 21.5. The molecule has 1 saturated heterocycles. The lowest BCUT2D eigenvalue weighted by Gasteiger charge is -2.20. The van der Waals surface area contributed by atoms with Crippen molar-refractivity contribution in [1.29, 1.82) is 0 Å². The van der Waals surface area contributed by atoms with E-state index in [1.807, 2.05) is 0 Å². The summed E-state index contributed by atoms with van der Waals surface area (Å²) >= 11 is 0. The van der Waals surface area contributed by atoms with Gasteiger partial charge in [-0.25, -0.2) is 0 Å². The minimum Gasteiger partial charge on any atom is -0.489 e. The van der Waals surface area contributed by atoms with Gasteiger partial charge in [-0.05, 0) is 30.8 Å². The summed E-state index contributed by atoms with van der Waals surface area (Å²) in [7, 11) is -0.224. The van der Waals surface area contributed by atoms with Crippen molar-refractivity contribution < 1.29 is 23.5 Å². The fourth-order valence-corrected chi connectivity index (χ4v) is 4.22. The average Bonchev–Trinajstić information content (AvgIpc) is 3.01. The molecule has 1 fully saturated rings. The molecule has 0 bridgehead atoms. The van der Waals surface area contributed by atoms with Crippen LogP contribution in [-0.2, 0) is 13.6 Å². The predicted octanol–water partition coefficient (Wildman–Crippen LogP) is 2.84. The van der Waals surface area contributed by atoms with Gasteiger partial charge in [0.2, 0.25) is 0 Å². The first kappa shape index (κ1) is 17.9. The van der Waals surface area contributed by atoms with Crippen LogP contribution in [0.2, 0.25) is 0 Å². The molecule has 0 aliphatic carbocycles. The predicted molar refractivity (Wildman–Crippen MR) is 87.9 cm³/mol. The highest BCUT2D eigenvalue weighted by molar-refractivity contribution is 7.54. The Morgan fingerprint density at radius 2 is 1.95 bits per heavy atom. The van der Waals surface area contributed by atoms with E-state index in [0.717, 1.165) is 34.0 Å². The number of hydrogen-bond donors (Lipinski definition) is 1. The fourth-order valence-electron chi connectivity index (χ4n) is 2.40. The Labute approximate surface area is 133 Å². The summed E-state index contributed by atoms with van der Waals surface area (Å²) in [5.41, 5.74) is 0.475. The number of nitrogens with zero attached hydrogens (tertiary/aromatic N) is 1. The molecule has 0 spiro atoms. The molecular weight excluding hydrogens is 324 g/mol. The van der Waals surface area contributed by atoms with Crippen molar-refractivity contribution in [3.63, 3.8) is 0 Å². The Hall–Kier alpha value is -0.480. The second-order valence-corrected chi connectivity index (χ2v) is 8.42. The van der Waals surface area contributed by atoms with Crippen LogP contribution < -0.4 is 4.74 Å². The topological polar surface area (TPSA) is 68.2 Å². The van der Waals surface area contributed by atoms with Gasteiger partial charge in [0.05, 0.1) is 0 Å². The average molecular weight is 347 g/mol. The second kappa shape index (κ2) is 7.87. The number of aliphatic hydroxyl groups excluding tert-OH is 1. The monoisotopic (exact) mass is 347 g/mol. The van der Waals surface area contributed by atoms with Gasteiger partial charge in [0.25, 0.3) is 0 Å². The molecule has 1 aliphatic heterocycles. The van der Waals surface area contributed by atoms with Gasteiger partial charge in [0, 0.05) is 27.3 Å². The van der Waals surface area contributed by atoms with Crippen LogP contribution in [0.3, 0.4) is 0 Å². The van der Waals surface area contributed by atoms with E-state index in [2.05, 4.69) is 11.3 Å². The molecule has 124 valence electrons. The Kier molecular flexibility index (Phi) is 6.39. The number of benzene rings is 1. The van der Waals surface area contributed by atoms with E-state index in [-0.39, 0.29) is 6.10 Å². The number of aliphatic hydroxyl groups is 1. The second-order valence-electron chi connectivity index (χ2n) is 5.05. The van der Waals surface area contributed by atoms with E-state index in [9.17, 15) is 9.67 Å². The van der Waals surface area contributed by atoms with Crippen LogP contribution in [0.25, 0.3) is 0 Å². The van der Waals surface area contributed by atoms with E-state index in [1.54, 1.807) is 24.3 Å². The van der Waals surface area contributed by atoms with Gasteiger partial charge in [0.15, 0.2) is 5.85 Å². The minimum absolute atomic E-state index is 0.201. The SMILES string of the molecule is COP(=O)(OC)C(O)c1ccc(OC2CCN(PC)C2)cc1. The lowest BCUT2D eigenvalue weighted by molar-refractivity contribution is 0.175. The van der Waals surface area contributed by atoms with Crippen molar-refractivity contribution in [2.24, 2.45) is 0 Å². The van der Waals surface area contributed by atoms with Crippen molar-refractivity contribution in [1.82, 2.24) is 4.67 Å². The first-order chi connectivity index (χ1) is 10.5. The zero-order chi connectivity index (χ0) is 16.2. The molecule has 1 heterocycles. The van der Waals surface area contributed by atoms with Crippen LogP contribution >= 0.6 is 16.3 Å². The Bertz CT molecular complexity index is 516. The molecule has 1 aliphatic rings. The third-order valence-corrected chi connectivity index (χ3v) is 6.70. The number of rotatable bonds is 7. The quantitative estimate of drug-likeness (QED) is 0.765. The summed E-state index contributed by atoms with van der Waals surface area (Å²) in [5, 5.41) is 10.1. The molecule has 0 saturated carbocycles. The van der Waals surface area contributed by atoms with Gasteiger partial charge in [-0.15, -0.1) is 0 Å². The first-order valence-corrected chi connectivity index (χ1v) is 10.2. The van der Waals surface area contributed by atoms with E-state index in [0.29, 0.717) is 5.56 Å². The molecule has 2 rings (SSSR count). The highest BCUT2D eigenvalue weighted by Crippen LogP contribution is 2.58. The lowest BCUT2D eigenvalue weighted by atomic mass is 10.2. The third kappa shape index (κ3) is 4.08. The van der Waals surface area contributed by atoms with Crippen LogP contribution in [0, 0.1) is 0 Å². The first-order valence-electron chi connectivity index (χ1n) is 7.10. The number of hydrogen-bond acceptors (Lipinski definition) is 6. The summed E-state index contributed by atoms with van der Waals surface area (Å²) in [5.74, 6) is -0.563. The van der Waals surface area contributed by atoms with E-state index >= 15 is 0 Å². The zero-order valence-corrected chi connectivity index (χ0v) is 15.0. The largest absolute Gasteiger partial charge is 0.489 e. The molecule has 3 unspecified atom stereocenters. The van der Waals surface area contributed by atoms with E-state index in [1.165, 1.54) is 14.2 Å². The van der Waals surface area contributed by atoms with Gasteiger partial charge in [-0.2, -0.15) is 0 Å². The van der Waals surface area contributed by atoms with Gasteiger partial charge < -0.3 is 18.9 Å². The Morgan fingerprint density at radius 1 is 1.32 bits per heavy atom. The lowest BCUT2D eigenvalue weighted by Crippen LogP contribution is -2.19. The highest BCUT2D eigenvalue weighted by Gasteiger charge is 2.33. The molecule has 3 atom stereocenters. The summed E-state index contributed by atoms with van der Waals surface area (Å²) in [6.07, 6.45) is 1.22. The maximum absolute atomic E-state index is 12.2. The van der Waals surface area contributed by atoms with Crippen LogP contribution in [0.15, 0.2) is 24.3 Å². The molecule has 6 nitrogen and oxygen atoms in total. The standard InChI is InChI=1S/C14H23NO5P2/c1-18-22(17,19-2)14(16)11-4-6-12(7-5-11)20-13-8-9-15(10-13)21-3/h4-7,13-14,16,21H,8-10H2,1-3H3. The van der Waals surface area contributed by atoms with Gasteiger partial charge in [-0.1, -0.05) is 20.9 Å². The molecule has 1 aromatic rings. The molecule has 1 N–H and O–H groups in total. The van der Waals surface area contributed by atoms with E-state index in [4.69, 9.17) is 13.8 Å². The zero-order valence-electron chi connectivity index (χ0n) is 13.1. The molecular formula is C14H23NO5P2. The molecule has 8 heteroatoms. The molecule has 1 aromatic carbocycles. The molecule has 0 aromatic heterocycles. The van der Waals surface area contributed by atoms with Crippen molar-refractivity contribution >= 4 is 16.3 Å². The fraction of sp³-hybridized carbons (Fsp3) is 0.571. The summed E-state index contributed by atoms with van der Waals surface area (Å²) in [6, 6.07) is 6.90. The summed E-state index contributed by atoms with van der Waals surface area (Å²) in [4.78, 5) is 0. The molecule has 22 heavy (non-hydrogen) atoms. The maximum Gasteiger partial charge on any atom is 0.362 e. The van der Waals surface area contributed by atoms with Crippen molar-refractivity contribution in [2.75, 3.05) is 34.0 Å². The van der Waals surface area contributed by atoms with Gasteiger partial charge in [-0.3, -0.25) is 9.24 Å². The van der Waals surface area contributed by atoms with Crippen LogP contribution in [0.5, 0.6) is 5.75 Å². The smallest absolute Gasteiger partial charge is 0.362 e. The minimum atomic E-state index is -3.54. The maximum atomic E-state index is 12.2. The van der Waals surface area contributed by atoms with Crippen molar-refractivity contribution in [3.8, 4) is 5.75 Å². The van der Waals surface area contributed by atoms with Crippen LogP contribution in [0.1, 0.15) is 17.8 Å². The van der Waals surface area contributed by atoms with Crippen molar-refractivity contribution in [2.45, 2.75) is 18.4 Å². The Balaban J connectivity index is 2.00. The van der Waals surface area contributed by atoms with Gasteiger partial charge >= 0.3 is 7.60 Å². The Morgan fingerprint density at radius 3 is 2.45 bits per heavy atom. The summed E-state index contributed by atoms with van der Waals surface area (Å²) < 4.78 is 30.1. The molecule has 0 amide bonds. The van der Waals surface area contributed by atoms with E-state index < -0.39 is 13.4 Å². The highest BCUT2D eigenvalue weighted by atomic mass is 31.2. The molecule has 0 radical (unpaired) electrons. The van der Waals surface area contributed by atoms with Crippen LogP contribution in [0.4, 0.5) is 0 Å². The van der Waals surface area contributed by atoms with Crippen LogP contribution in [-0.4, -0.2) is 49.9 Å². The van der Waals surface area contributed by atoms with Gasteiger partial charge in [0.1, 0.15) is 11.9 Å². The third-order valence-electron chi connectivity index (χ3n) is 3.75. The van der Waals surface area contributed by atoms with Crippen molar-refractivity contribution in [3.05, 3.63) is 29.8 Å². The summed E-state index contributed by atoms with van der Waals surface area (Å²) in [6.45, 7) is 4.19. The number of ether oxygens (including phenoxy) is 1.